The number of allylic oxidation sites excluding steroid dienone is 4. The fraction of sp³-hybridized carbons (Fsp3) is 0.649. The Morgan fingerprint density at radius 2 is 1.67 bits per heavy atom. The summed E-state index contributed by atoms with van der Waals surface area (Å²) in [5, 5.41) is 56.6. The summed E-state index contributed by atoms with van der Waals surface area (Å²) >= 11 is 0. The van der Waals surface area contributed by atoms with Gasteiger partial charge in [0.2, 0.25) is 11.6 Å². The molecule has 0 saturated carbocycles. The van der Waals surface area contributed by atoms with Crippen molar-refractivity contribution in [3.8, 4) is 0 Å². The van der Waals surface area contributed by atoms with Crippen LogP contribution in [0.5, 0.6) is 0 Å². The van der Waals surface area contributed by atoms with Gasteiger partial charge in [0.1, 0.15) is 36.6 Å². The lowest BCUT2D eigenvalue weighted by molar-refractivity contribution is -0.301. The van der Waals surface area contributed by atoms with Crippen molar-refractivity contribution in [3.63, 3.8) is 0 Å². The van der Waals surface area contributed by atoms with Crippen LogP contribution in [0, 0.1) is 11.8 Å². The number of carbonyl (C=O) groups excluding carboxylic acids is 3. The van der Waals surface area contributed by atoms with Gasteiger partial charge in [-0.25, -0.2) is 0 Å². The Hall–Kier alpha value is -3.09. The molecule has 3 aliphatic rings. The molecule has 0 aromatic rings. The summed E-state index contributed by atoms with van der Waals surface area (Å²) in [5.41, 5.74) is 1.14. The number of nitrogens with one attached hydrogen (secondary N) is 2. The molecule has 3 rings (SSSR count). The van der Waals surface area contributed by atoms with Crippen molar-refractivity contribution in [2.75, 3.05) is 41.1 Å². The standard InChI is InChI=1S/C37H56N2O13/c1-19-14-23-29(38-12-9-13-51-37-34(46)33(45)32(44)28(18-40)52-37)25(41)17-24(31(23)43)39-36(47)20(2)10-8-11-26(48-5)35(50-7)22(4)16-21(3)30(42)27(15-19)49-6/h8,10-11,16-17,19,21,26-28,30,32-35,37-38,40,42,44-46H,9,12-15,18H2,1-7H3,(H,39,47)/b11-8-,20-10+,22-16+/t19-,21+,26+,27+,28-,30-,32+,33+,34-,35+,37-/m1/s1. The topological polar surface area (TPSA) is 223 Å². The lowest BCUT2D eigenvalue weighted by Gasteiger charge is -2.39. The number of ether oxygens (including phenoxy) is 5. The Morgan fingerprint density at radius 3 is 2.31 bits per heavy atom. The zero-order chi connectivity index (χ0) is 38.7. The number of aliphatic hydroxyl groups is 5. The molecular weight excluding hydrogens is 680 g/mol. The molecular formula is C37H56N2O13. The molecule has 1 saturated heterocycles. The molecule has 0 unspecified atom stereocenters. The minimum atomic E-state index is -1.58. The molecule has 0 aromatic carbocycles. The zero-order valence-corrected chi connectivity index (χ0v) is 31.0. The second-order valence-corrected chi connectivity index (χ2v) is 13.6. The quantitative estimate of drug-likeness (QED) is 0.0899. The Kier molecular flexibility index (Phi) is 17.0. The van der Waals surface area contributed by atoms with Crippen molar-refractivity contribution in [1.29, 1.82) is 0 Å². The number of amides is 1. The number of carbonyl (C=O) groups is 3. The van der Waals surface area contributed by atoms with Gasteiger partial charge in [0, 0.05) is 51.0 Å². The first kappa shape index (κ1) is 43.3. The molecule has 1 fully saturated rings. The van der Waals surface area contributed by atoms with E-state index in [9.17, 15) is 39.9 Å². The van der Waals surface area contributed by atoms with Crippen molar-refractivity contribution in [2.45, 2.75) is 102 Å². The van der Waals surface area contributed by atoms with Crippen LogP contribution in [0.4, 0.5) is 0 Å². The van der Waals surface area contributed by atoms with E-state index in [2.05, 4.69) is 10.6 Å². The van der Waals surface area contributed by atoms with E-state index in [1.807, 2.05) is 26.8 Å². The van der Waals surface area contributed by atoms with Crippen molar-refractivity contribution < 1.29 is 63.6 Å². The number of Topliss-reactive ketones (excluding diaryl/α,β-unsaturated/α-hetero) is 1. The predicted octanol–water partition coefficient (Wildman–Crippen LogP) is 0.109. The first-order valence-corrected chi connectivity index (χ1v) is 17.5. The van der Waals surface area contributed by atoms with E-state index < -0.39 is 79.2 Å². The average Bonchev–Trinajstić information content (AvgIpc) is 3.11. The van der Waals surface area contributed by atoms with Gasteiger partial charge in [-0.1, -0.05) is 38.2 Å². The highest BCUT2D eigenvalue weighted by atomic mass is 16.7. The lowest BCUT2D eigenvalue weighted by Crippen LogP contribution is -2.59. The van der Waals surface area contributed by atoms with Crippen molar-refractivity contribution in [1.82, 2.24) is 10.6 Å². The van der Waals surface area contributed by atoms with Crippen LogP contribution in [0.15, 0.2) is 58.5 Å². The van der Waals surface area contributed by atoms with Gasteiger partial charge in [0.15, 0.2) is 6.29 Å². The largest absolute Gasteiger partial charge is 0.394 e. The SMILES string of the molecule is CO[C@H]1/C=C\C=C(/C)C(=O)NC2=CC(=O)C(NCCCO[C@@H]3O[C@H](CO)[C@H](O)[C@H](O)[C@H]3O)=C(C[C@@H](C)C[C@H](OC)[C@H](O)[C@@H](C)/C=C(\C)[C@@H]1OC)C2=O. The Labute approximate surface area is 305 Å². The van der Waals surface area contributed by atoms with Gasteiger partial charge >= 0.3 is 0 Å². The van der Waals surface area contributed by atoms with Crippen LogP contribution in [0.2, 0.25) is 0 Å². The van der Waals surface area contributed by atoms with Gasteiger partial charge in [-0.2, -0.15) is 0 Å². The molecule has 15 nitrogen and oxygen atoms in total. The Balaban J connectivity index is 1.87. The van der Waals surface area contributed by atoms with Crippen LogP contribution in [0.3, 0.4) is 0 Å². The van der Waals surface area contributed by atoms with Crippen LogP contribution < -0.4 is 10.6 Å². The summed E-state index contributed by atoms with van der Waals surface area (Å²) in [5.74, 6) is -2.25. The van der Waals surface area contributed by atoms with Gasteiger partial charge in [-0.15, -0.1) is 0 Å². The minimum Gasteiger partial charge on any atom is -0.394 e. The number of ketones is 2. The highest BCUT2D eigenvalue weighted by Gasteiger charge is 2.44. The van der Waals surface area contributed by atoms with Crippen LogP contribution in [0.1, 0.15) is 47.0 Å². The molecule has 0 radical (unpaired) electrons. The monoisotopic (exact) mass is 736 g/mol. The zero-order valence-electron chi connectivity index (χ0n) is 31.0. The minimum absolute atomic E-state index is 0.0101. The summed E-state index contributed by atoms with van der Waals surface area (Å²) in [4.78, 5) is 40.6. The molecule has 7 N–H and O–H groups in total. The maximum atomic E-state index is 13.9. The molecule has 1 aliphatic carbocycles. The van der Waals surface area contributed by atoms with Crippen LogP contribution >= 0.6 is 0 Å². The number of hydrogen-bond donors (Lipinski definition) is 7. The number of aliphatic hydroxyl groups excluding tert-OH is 5. The van der Waals surface area contributed by atoms with E-state index in [0.717, 1.165) is 11.6 Å². The highest BCUT2D eigenvalue weighted by molar-refractivity contribution is 6.23. The number of hydrogen-bond acceptors (Lipinski definition) is 14. The smallest absolute Gasteiger partial charge is 0.251 e. The summed E-state index contributed by atoms with van der Waals surface area (Å²) in [6.07, 6.45) is -0.959. The maximum absolute atomic E-state index is 13.9. The molecule has 1 amide bonds. The molecule has 2 heterocycles. The maximum Gasteiger partial charge on any atom is 0.251 e. The fourth-order valence-corrected chi connectivity index (χ4v) is 6.50. The third-order valence-corrected chi connectivity index (χ3v) is 9.56. The molecule has 292 valence electrons. The summed E-state index contributed by atoms with van der Waals surface area (Å²) in [6, 6.07) is 0. The molecule has 2 aliphatic heterocycles. The average molecular weight is 737 g/mol. The van der Waals surface area contributed by atoms with E-state index in [0.29, 0.717) is 6.42 Å². The normalized spacial score (nSPS) is 37.0. The fourth-order valence-electron chi connectivity index (χ4n) is 6.50. The second kappa shape index (κ2) is 20.4. The highest BCUT2D eigenvalue weighted by Crippen LogP contribution is 2.29. The summed E-state index contributed by atoms with van der Waals surface area (Å²) in [7, 11) is 4.60. The van der Waals surface area contributed by atoms with Gasteiger partial charge in [0.05, 0.1) is 36.8 Å². The van der Waals surface area contributed by atoms with E-state index >= 15 is 0 Å². The van der Waals surface area contributed by atoms with Crippen molar-refractivity contribution >= 4 is 17.5 Å². The third-order valence-electron chi connectivity index (χ3n) is 9.56. The van der Waals surface area contributed by atoms with E-state index in [-0.39, 0.29) is 60.4 Å². The number of rotatable bonds is 10. The number of fused-ring (bicyclic) bond motifs is 2. The molecule has 0 spiro atoms. The van der Waals surface area contributed by atoms with Crippen LogP contribution in [0.25, 0.3) is 0 Å². The van der Waals surface area contributed by atoms with Gasteiger partial charge in [-0.05, 0) is 44.6 Å². The van der Waals surface area contributed by atoms with Gasteiger partial charge in [0.25, 0.3) is 5.91 Å². The second-order valence-electron chi connectivity index (χ2n) is 13.6. The van der Waals surface area contributed by atoms with Gasteiger partial charge in [-0.3, -0.25) is 14.4 Å². The van der Waals surface area contributed by atoms with Crippen LogP contribution in [-0.2, 0) is 38.1 Å². The van der Waals surface area contributed by atoms with Crippen LogP contribution in [-0.4, -0.2) is 139 Å². The number of methoxy groups -OCH3 is 3. The molecule has 0 aromatic heterocycles. The van der Waals surface area contributed by atoms with E-state index in [1.54, 1.807) is 32.3 Å². The summed E-state index contributed by atoms with van der Waals surface area (Å²) in [6.45, 7) is 6.76. The first-order valence-electron chi connectivity index (χ1n) is 17.5. The van der Waals surface area contributed by atoms with E-state index in [1.165, 1.54) is 14.2 Å². The van der Waals surface area contributed by atoms with Crippen molar-refractivity contribution in [2.24, 2.45) is 11.8 Å². The van der Waals surface area contributed by atoms with E-state index in [4.69, 9.17) is 23.7 Å². The predicted molar refractivity (Wildman–Crippen MR) is 188 cm³/mol. The molecule has 15 heteroatoms. The van der Waals surface area contributed by atoms with Crippen molar-refractivity contribution in [3.05, 3.63) is 58.5 Å². The molecule has 2 bridgehead atoms. The summed E-state index contributed by atoms with van der Waals surface area (Å²) < 4.78 is 28.0. The Morgan fingerprint density at radius 1 is 0.962 bits per heavy atom. The molecule has 11 atom stereocenters. The lowest BCUT2D eigenvalue weighted by atomic mass is 9.85. The molecule has 52 heavy (non-hydrogen) atoms. The first-order chi connectivity index (χ1) is 24.7. The Bertz CT molecular complexity index is 1400. The third kappa shape index (κ3) is 11.0. The van der Waals surface area contributed by atoms with Gasteiger partial charge < -0.3 is 59.9 Å².